The first-order chi connectivity index (χ1) is 13.5. The van der Waals surface area contributed by atoms with Crippen LogP contribution in [0, 0.1) is 6.92 Å². The molecule has 5 nitrogen and oxygen atoms in total. The minimum absolute atomic E-state index is 0.0420. The molecular formula is C22H24N2O3S. The Bertz CT molecular complexity index is 923. The molecule has 0 radical (unpaired) electrons. The number of hydrogen-bond donors (Lipinski definition) is 0. The molecule has 0 aliphatic carbocycles. The summed E-state index contributed by atoms with van der Waals surface area (Å²) >= 11 is 1.52. The molecule has 146 valence electrons. The number of aromatic nitrogens is 1. The number of ether oxygens (including phenoxy) is 2. The minimum atomic E-state index is -0.0718. The molecule has 0 fully saturated rings. The van der Waals surface area contributed by atoms with Gasteiger partial charge < -0.3 is 14.4 Å². The molecule has 1 unspecified atom stereocenters. The lowest BCUT2D eigenvalue weighted by atomic mass is 10.0. The van der Waals surface area contributed by atoms with Crippen molar-refractivity contribution in [1.29, 1.82) is 0 Å². The molecule has 0 aliphatic heterocycles. The van der Waals surface area contributed by atoms with Gasteiger partial charge in [-0.2, -0.15) is 0 Å². The van der Waals surface area contributed by atoms with Crippen LogP contribution in [-0.2, 0) is 6.61 Å². The number of rotatable bonds is 7. The van der Waals surface area contributed by atoms with Crippen LogP contribution in [0.25, 0.3) is 0 Å². The Morgan fingerprint density at radius 2 is 1.93 bits per heavy atom. The average Bonchev–Trinajstić information content (AvgIpc) is 3.24. The lowest BCUT2D eigenvalue weighted by Gasteiger charge is -2.26. The molecule has 28 heavy (non-hydrogen) atoms. The van der Waals surface area contributed by atoms with Gasteiger partial charge in [0, 0.05) is 18.0 Å². The van der Waals surface area contributed by atoms with Crippen LogP contribution in [0.15, 0.2) is 53.4 Å². The fourth-order valence-corrected chi connectivity index (χ4v) is 3.37. The summed E-state index contributed by atoms with van der Waals surface area (Å²) in [6.07, 6.45) is 0. The summed E-state index contributed by atoms with van der Waals surface area (Å²) in [5.74, 6) is 1.04. The zero-order valence-electron chi connectivity index (χ0n) is 16.5. The maximum atomic E-state index is 13.0. The Balaban J connectivity index is 1.74. The molecule has 2 aromatic carbocycles. The van der Waals surface area contributed by atoms with Crippen molar-refractivity contribution < 1.29 is 14.3 Å². The second-order valence-corrected chi connectivity index (χ2v) is 7.36. The Morgan fingerprint density at radius 1 is 1.18 bits per heavy atom. The van der Waals surface area contributed by atoms with Crippen molar-refractivity contribution in [3.05, 3.63) is 75.7 Å². The van der Waals surface area contributed by atoms with Gasteiger partial charge in [0.15, 0.2) is 11.5 Å². The summed E-state index contributed by atoms with van der Waals surface area (Å²) in [6.45, 7) is 4.43. The van der Waals surface area contributed by atoms with Crippen LogP contribution in [0.4, 0.5) is 0 Å². The molecule has 0 aliphatic rings. The third kappa shape index (κ3) is 4.51. The molecule has 3 aromatic rings. The van der Waals surface area contributed by atoms with Crippen molar-refractivity contribution >= 4 is 17.2 Å². The minimum Gasteiger partial charge on any atom is -0.493 e. The lowest BCUT2D eigenvalue weighted by molar-refractivity contribution is 0.0742. The molecule has 1 atom stereocenters. The van der Waals surface area contributed by atoms with E-state index in [0.717, 1.165) is 11.3 Å². The van der Waals surface area contributed by atoms with Gasteiger partial charge in [-0.1, -0.05) is 29.8 Å². The summed E-state index contributed by atoms with van der Waals surface area (Å²) in [4.78, 5) is 18.9. The van der Waals surface area contributed by atoms with E-state index in [1.54, 1.807) is 35.7 Å². The van der Waals surface area contributed by atoms with E-state index in [1.165, 1.54) is 16.9 Å². The van der Waals surface area contributed by atoms with E-state index in [-0.39, 0.29) is 11.9 Å². The first-order valence-electron chi connectivity index (χ1n) is 9.01. The predicted molar refractivity (Wildman–Crippen MR) is 111 cm³/mol. The molecule has 0 saturated heterocycles. The van der Waals surface area contributed by atoms with Crippen LogP contribution < -0.4 is 9.47 Å². The fourth-order valence-electron chi connectivity index (χ4n) is 2.83. The highest BCUT2D eigenvalue weighted by Gasteiger charge is 2.20. The van der Waals surface area contributed by atoms with Gasteiger partial charge in [0.25, 0.3) is 5.91 Å². The number of amides is 1. The van der Waals surface area contributed by atoms with Crippen LogP contribution in [0.5, 0.6) is 11.5 Å². The molecule has 1 amide bonds. The van der Waals surface area contributed by atoms with Crippen LogP contribution in [0.3, 0.4) is 0 Å². The molecule has 0 spiro atoms. The molecule has 6 heteroatoms. The van der Waals surface area contributed by atoms with E-state index in [0.29, 0.717) is 23.7 Å². The van der Waals surface area contributed by atoms with Crippen molar-refractivity contribution in [2.75, 3.05) is 14.2 Å². The third-order valence-electron chi connectivity index (χ3n) is 4.73. The number of aryl methyl sites for hydroxylation is 1. The number of thiazole rings is 1. The van der Waals surface area contributed by atoms with Crippen LogP contribution in [0.1, 0.15) is 40.1 Å². The first kappa shape index (κ1) is 19.9. The van der Waals surface area contributed by atoms with Crippen molar-refractivity contribution in [2.45, 2.75) is 26.5 Å². The van der Waals surface area contributed by atoms with Crippen molar-refractivity contribution in [3.63, 3.8) is 0 Å². The van der Waals surface area contributed by atoms with Gasteiger partial charge in [0.05, 0.1) is 24.4 Å². The Morgan fingerprint density at radius 3 is 2.57 bits per heavy atom. The Labute approximate surface area is 169 Å². The maximum absolute atomic E-state index is 13.0. The topological polar surface area (TPSA) is 51.7 Å². The second-order valence-electron chi connectivity index (χ2n) is 6.64. The van der Waals surface area contributed by atoms with Gasteiger partial charge in [-0.25, -0.2) is 4.98 Å². The summed E-state index contributed by atoms with van der Waals surface area (Å²) in [5.41, 5.74) is 5.47. The van der Waals surface area contributed by atoms with Crippen LogP contribution >= 0.6 is 11.3 Å². The van der Waals surface area contributed by atoms with E-state index < -0.39 is 0 Å². The molecule has 1 heterocycles. The van der Waals surface area contributed by atoms with Crippen molar-refractivity contribution in [3.8, 4) is 11.5 Å². The summed E-state index contributed by atoms with van der Waals surface area (Å²) < 4.78 is 11.2. The Kier molecular flexibility index (Phi) is 6.31. The summed E-state index contributed by atoms with van der Waals surface area (Å²) in [6, 6.07) is 13.4. The van der Waals surface area contributed by atoms with Gasteiger partial charge in [-0.15, -0.1) is 11.3 Å². The van der Waals surface area contributed by atoms with Crippen LogP contribution in [-0.4, -0.2) is 29.9 Å². The predicted octanol–water partition coefficient (Wildman–Crippen LogP) is 4.87. The van der Waals surface area contributed by atoms with E-state index in [1.807, 2.05) is 26.3 Å². The maximum Gasteiger partial charge on any atom is 0.254 e. The molecule has 3 rings (SSSR count). The van der Waals surface area contributed by atoms with E-state index in [9.17, 15) is 4.79 Å². The van der Waals surface area contributed by atoms with Crippen molar-refractivity contribution in [2.24, 2.45) is 0 Å². The van der Waals surface area contributed by atoms with Gasteiger partial charge >= 0.3 is 0 Å². The third-order valence-corrected chi connectivity index (χ3v) is 5.37. The highest BCUT2D eigenvalue weighted by atomic mass is 32.1. The van der Waals surface area contributed by atoms with E-state index >= 15 is 0 Å². The normalized spacial score (nSPS) is 11.7. The Hall–Kier alpha value is -2.86. The number of carbonyl (C=O) groups excluding carboxylic acids is 1. The van der Waals surface area contributed by atoms with Gasteiger partial charge in [-0.05, 0) is 37.6 Å². The van der Waals surface area contributed by atoms with Gasteiger partial charge in [-0.3, -0.25) is 4.79 Å². The molecule has 0 bridgehead atoms. The quantitative estimate of drug-likeness (QED) is 0.572. The number of benzene rings is 2. The van der Waals surface area contributed by atoms with E-state index in [4.69, 9.17) is 9.47 Å². The highest BCUT2D eigenvalue weighted by molar-refractivity contribution is 7.07. The average molecular weight is 397 g/mol. The molecule has 1 aromatic heterocycles. The second kappa shape index (κ2) is 8.89. The van der Waals surface area contributed by atoms with E-state index in [2.05, 4.69) is 29.2 Å². The summed E-state index contributed by atoms with van der Waals surface area (Å²) in [7, 11) is 3.38. The SMILES string of the molecule is COc1cc(C(=O)N(C)C(C)c2ccc(C)cc2)ccc1OCc1cscn1. The zero-order valence-corrected chi connectivity index (χ0v) is 17.3. The largest absolute Gasteiger partial charge is 0.493 e. The lowest BCUT2D eigenvalue weighted by Crippen LogP contribution is -2.29. The fraction of sp³-hybridized carbons (Fsp3) is 0.273. The number of hydrogen-bond acceptors (Lipinski definition) is 5. The van der Waals surface area contributed by atoms with Gasteiger partial charge in [0.2, 0.25) is 0 Å². The summed E-state index contributed by atoms with van der Waals surface area (Å²) in [5, 5.41) is 1.94. The highest BCUT2D eigenvalue weighted by Crippen LogP contribution is 2.30. The monoisotopic (exact) mass is 396 g/mol. The van der Waals surface area contributed by atoms with Gasteiger partial charge in [0.1, 0.15) is 6.61 Å². The number of methoxy groups -OCH3 is 1. The molecular weight excluding hydrogens is 372 g/mol. The number of carbonyl (C=O) groups is 1. The zero-order chi connectivity index (χ0) is 20.1. The van der Waals surface area contributed by atoms with Crippen LogP contribution in [0.2, 0.25) is 0 Å². The molecule has 0 saturated carbocycles. The molecule has 0 N–H and O–H groups in total. The van der Waals surface area contributed by atoms with Crippen molar-refractivity contribution in [1.82, 2.24) is 9.88 Å². The smallest absolute Gasteiger partial charge is 0.254 e. The standard InChI is InChI=1S/C22H24N2O3S/c1-15-5-7-17(8-6-15)16(2)24(3)22(25)18-9-10-20(21(11-18)26-4)27-12-19-13-28-14-23-19/h5-11,13-14,16H,12H2,1-4H3. The number of nitrogens with zero attached hydrogens (tertiary/aromatic N) is 2. The first-order valence-corrected chi connectivity index (χ1v) is 9.95.